The molecule has 4 rings (SSSR count). The number of benzene rings is 4. The highest BCUT2D eigenvalue weighted by Crippen LogP contribution is 2.42. The summed E-state index contributed by atoms with van der Waals surface area (Å²) in [7, 11) is 0. The molecule has 0 saturated carbocycles. The second kappa shape index (κ2) is 27.4. The normalized spacial score (nSPS) is 13.0. The Morgan fingerprint density at radius 3 is 1.09 bits per heavy atom. The topological polar surface area (TPSA) is 52.6 Å². The van der Waals surface area contributed by atoms with Gasteiger partial charge >= 0.3 is 11.9 Å². The van der Waals surface area contributed by atoms with Gasteiger partial charge in [0.05, 0.1) is 11.1 Å². The molecule has 0 aliphatic rings. The molecule has 0 saturated heterocycles. The second-order valence-corrected chi connectivity index (χ2v) is 17.8. The van der Waals surface area contributed by atoms with Crippen molar-refractivity contribution in [3.05, 3.63) is 189 Å². The van der Waals surface area contributed by atoms with Crippen molar-refractivity contribution in [1.29, 1.82) is 0 Å². The SMILES string of the molecule is CC(C)=CCC/C(C)=C/CC/C(C)=C/CC/C(C)=C/CC/C(C)=C/CC/C(C)=C/CC/C(C)=C/Cc1c(C)c(OC(=O)c2ccccc2)c2ccccc2c1OC(=O)c1ccccc1. The summed E-state index contributed by atoms with van der Waals surface area (Å²) in [6.07, 6.45) is 30.2. The molecule has 0 fully saturated rings. The van der Waals surface area contributed by atoms with Crippen molar-refractivity contribution in [2.45, 2.75) is 146 Å². The number of allylic oxidation sites excluding steroid dienone is 14. The summed E-state index contributed by atoms with van der Waals surface area (Å²) in [5.41, 5.74) is 12.5. The van der Waals surface area contributed by atoms with Crippen molar-refractivity contribution in [3.63, 3.8) is 0 Å². The summed E-state index contributed by atoms with van der Waals surface area (Å²) < 4.78 is 12.3. The molecule has 0 atom stereocenters. The van der Waals surface area contributed by atoms with Crippen molar-refractivity contribution in [2.24, 2.45) is 0 Å². The first-order chi connectivity index (χ1) is 30.8. The molecule has 0 spiro atoms. The van der Waals surface area contributed by atoms with E-state index in [9.17, 15) is 9.59 Å². The summed E-state index contributed by atoms with van der Waals surface area (Å²) in [6, 6.07) is 25.7. The van der Waals surface area contributed by atoms with Crippen molar-refractivity contribution >= 4 is 22.7 Å². The number of carbonyl (C=O) groups is 2. The number of fused-ring (bicyclic) bond motifs is 1. The molecule has 4 heteroatoms. The number of esters is 2. The first-order valence-corrected chi connectivity index (χ1v) is 23.5. The zero-order valence-electron chi connectivity index (χ0n) is 40.4. The van der Waals surface area contributed by atoms with Gasteiger partial charge in [0.1, 0.15) is 11.5 Å². The molecule has 4 nitrogen and oxygen atoms in total. The van der Waals surface area contributed by atoms with Gasteiger partial charge in [-0.2, -0.15) is 0 Å². The molecular formula is C60H74O4. The lowest BCUT2D eigenvalue weighted by atomic mass is 9.95. The maximum Gasteiger partial charge on any atom is 0.343 e. The third kappa shape index (κ3) is 17.8. The van der Waals surface area contributed by atoms with E-state index in [0.29, 0.717) is 39.8 Å². The average Bonchev–Trinajstić information content (AvgIpc) is 3.27. The third-order valence-corrected chi connectivity index (χ3v) is 11.8. The minimum absolute atomic E-state index is 0.431. The van der Waals surface area contributed by atoms with Gasteiger partial charge in [-0.1, -0.05) is 142 Å². The lowest BCUT2D eigenvalue weighted by Crippen LogP contribution is -2.13. The molecule has 4 aromatic rings. The summed E-state index contributed by atoms with van der Waals surface area (Å²) in [6.45, 7) is 19.8. The van der Waals surface area contributed by atoms with E-state index in [-0.39, 0.29) is 0 Å². The fraction of sp³-hybridized carbons (Fsp3) is 0.367. The average molecular weight is 859 g/mol. The van der Waals surface area contributed by atoms with E-state index in [2.05, 4.69) is 97.9 Å². The molecular weight excluding hydrogens is 785 g/mol. The van der Waals surface area contributed by atoms with Crippen LogP contribution >= 0.6 is 0 Å². The standard InChI is InChI=1S/C60H74O4/c1-44(2)24-18-25-45(3)26-19-27-46(4)28-20-29-47(5)30-21-31-48(6)32-22-33-49(7)34-23-35-50(8)42-43-54-51(9)57(63-59(61)52-36-12-10-13-37-52)55-40-16-17-41-56(55)58(54)64-60(62)53-38-14-11-15-39-53/h10-17,24,26,28,30,32,34,36-42H,18-23,25,27,29,31,33,35,43H2,1-9H3/b45-26+,46-28+,47-30+,48-32+,49-34+,50-42+. The monoisotopic (exact) mass is 859 g/mol. The minimum atomic E-state index is -0.434. The van der Waals surface area contributed by atoms with Crippen LogP contribution in [0.1, 0.15) is 164 Å². The van der Waals surface area contributed by atoms with Crippen LogP contribution in [0.3, 0.4) is 0 Å². The van der Waals surface area contributed by atoms with Crippen molar-refractivity contribution < 1.29 is 19.1 Å². The fourth-order valence-electron chi connectivity index (χ4n) is 7.71. The molecule has 0 aliphatic carbocycles. The van der Waals surface area contributed by atoms with Crippen molar-refractivity contribution in [2.75, 3.05) is 0 Å². The molecule has 0 aromatic heterocycles. The zero-order chi connectivity index (χ0) is 46.3. The molecule has 0 bridgehead atoms. The molecule has 0 heterocycles. The molecule has 0 aliphatic heterocycles. The second-order valence-electron chi connectivity index (χ2n) is 17.8. The van der Waals surface area contributed by atoms with Gasteiger partial charge in [-0.3, -0.25) is 0 Å². The van der Waals surface area contributed by atoms with Crippen LogP contribution in [0.4, 0.5) is 0 Å². The lowest BCUT2D eigenvalue weighted by molar-refractivity contribution is 0.0721. The minimum Gasteiger partial charge on any atom is -0.422 e. The first-order valence-electron chi connectivity index (χ1n) is 23.5. The Bertz CT molecular complexity index is 2360. The highest BCUT2D eigenvalue weighted by Gasteiger charge is 2.23. The molecule has 4 aromatic carbocycles. The van der Waals surface area contributed by atoms with Crippen molar-refractivity contribution in [1.82, 2.24) is 0 Å². The molecule has 0 radical (unpaired) electrons. The van der Waals surface area contributed by atoms with Crippen LogP contribution in [0.15, 0.2) is 166 Å². The molecule has 0 amide bonds. The maximum absolute atomic E-state index is 13.5. The Labute approximate surface area is 386 Å². The number of ether oxygens (including phenoxy) is 2. The van der Waals surface area contributed by atoms with Crippen LogP contribution in [-0.2, 0) is 6.42 Å². The highest BCUT2D eigenvalue weighted by molar-refractivity contribution is 6.02. The number of hydrogen-bond donors (Lipinski definition) is 0. The zero-order valence-corrected chi connectivity index (χ0v) is 40.4. The summed E-state index contributed by atoms with van der Waals surface area (Å²) in [5.74, 6) is 0.101. The molecule has 338 valence electrons. The Balaban J connectivity index is 1.30. The molecule has 64 heavy (non-hydrogen) atoms. The van der Waals surface area contributed by atoms with E-state index in [4.69, 9.17) is 9.47 Å². The smallest absolute Gasteiger partial charge is 0.343 e. The van der Waals surface area contributed by atoms with Gasteiger partial charge in [0.2, 0.25) is 0 Å². The van der Waals surface area contributed by atoms with Crippen LogP contribution in [0, 0.1) is 6.92 Å². The van der Waals surface area contributed by atoms with Gasteiger partial charge in [-0.15, -0.1) is 0 Å². The predicted octanol–water partition coefficient (Wildman–Crippen LogP) is 17.5. The first kappa shape index (κ1) is 50.9. The maximum atomic E-state index is 13.5. The van der Waals surface area contributed by atoms with Gasteiger partial charge in [0.25, 0.3) is 0 Å². The van der Waals surface area contributed by atoms with Crippen LogP contribution in [0.5, 0.6) is 11.5 Å². The van der Waals surface area contributed by atoms with Crippen LogP contribution in [-0.4, -0.2) is 11.9 Å². The van der Waals surface area contributed by atoms with Crippen LogP contribution in [0.25, 0.3) is 10.8 Å². The molecule has 0 unspecified atom stereocenters. The van der Waals surface area contributed by atoms with Crippen LogP contribution < -0.4 is 9.47 Å². The van der Waals surface area contributed by atoms with E-state index in [1.807, 2.05) is 67.6 Å². The Kier molecular flexibility index (Phi) is 21.8. The third-order valence-electron chi connectivity index (χ3n) is 11.8. The van der Waals surface area contributed by atoms with Gasteiger partial charge in [-0.05, 0) is 176 Å². The lowest BCUT2D eigenvalue weighted by Gasteiger charge is -2.19. The van der Waals surface area contributed by atoms with E-state index in [0.717, 1.165) is 81.8 Å². The highest BCUT2D eigenvalue weighted by atomic mass is 16.5. The van der Waals surface area contributed by atoms with Crippen molar-refractivity contribution in [3.8, 4) is 11.5 Å². The number of carbonyl (C=O) groups excluding carboxylic acids is 2. The Morgan fingerprint density at radius 2 is 0.719 bits per heavy atom. The van der Waals surface area contributed by atoms with Crippen LogP contribution in [0.2, 0.25) is 0 Å². The van der Waals surface area contributed by atoms with E-state index < -0.39 is 11.9 Å². The largest absolute Gasteiger partial charge is 0.422 e. The fourth-order valence-corrected chi connectivity index (χ4v) is 7.71. The van der Waals surface area contributed by atoms with Gasteiger partial charge < -0.3 is 9.47 Å². The van der Waals surface area contributed by atoms with Gasteiger partial charge in [0.15, 0.2) is 0 Å². The predicted molar refractivity (Wildman–Crippen MR) is 273 cm³/mol. The Hall–Kier alpha value is -5.74. The number of hydrogen-bond acceptors (Lipinski definition) is 4. The van der Waals surface area contributed by atoms with Gasteiger partial charge in [0, 0.05) is 16.3 Å². The summed E-state index contributed by atoms with van der Waals surface area (Å²) in [5, 5.41) is 1.43. The van der Waals surface area contributed by atoms with Gasteiger partial charge in [-0.25, -0.2) is 9.59 Å². The Morgan fingerprint density at radius 1 is 0.406 bits per heavy atom. The van der Waals surface area contributed by atoms with E-state index in [1.54, 1.807) is 24.3 Å². The molecule has 0 N–H and O–H groups in total. The summed E-state index contributed by atoms with van der Waals surface area (Å²) in [4.78, 5) is 26.8. The number of rotatable bonds is 24. The van der Waals surface area contributed by atoms with E-state index >= 15 is 0 Å². The van der Waals surface area contributed by atoms with E-state index in [1.165, 1.54) is 45.4 Å². The summed E-state index contributed by atoms with van der Waals surface area (Å²) >= 11 is 0. The quantitative estimate of drug-likeness (QED) is 0.0400.